The maximum Gasteiger partial charge on any atom is 0.183 e. The Kier molecular flexibility index (Phi) is 3.59. The van der Waals surface area contributed by atoms with Crippen LogP contribution in [0, 0.1) is 6.92 Å². The van der Waals surface area contributed by atoms with Crippen LogP contribution in [0.1, 0.15) is 46.8 Å². The van der Waals surface area contributed by atoms with E-state index < -0.39 is 0 Å². The summed E-state index contributed by atoms with van der Waals surface area (Å²) in [5.41, 5.74) is 1.59. The van der Waals surface area contributed by atoms with Gasteiger partial charge in [0.05, 0.1) is 12.1 Å². The van der Waals surface area contributed by atoms with Gasteiger partial charge in [-0.25, -0.2) is 4.98 Å². The fourth-order valence-corrected chi connectivity index (χ4v) is 3.15. The van der Waals surface area contributed by atoms with Gasteiger partial charge in [-0.3, -0.25) is 4.79 Å². The van der Waals surface area contributed by atoms with E-state index in [0.29, 0.717) is 11.3 Å². The Morgan fingerprint density at radius 3 is 2.67 bits per heavy atom. The molecular weight excluding hydrogens is 266 g/mol. The molecule has 2 heterocycles. The van der Waals surface area contributed by atoms with Gasteiger partial charge in [0.1, 0.15) is 9.88 Å². The molecule has 0 amide bonds. The molecule has 96 valence electrons. The van der Waals surface area contributed by atoms with Crippen LogP contribution in [-0.4, -0.2) is 20.4 Å². The molecule has 2 aromatic heterocycles. The second-order valence-corrected chi connectivity index (χ2v) is 6.88. The van der Waals surface area contributed by atoms with Gasteiger partial charge in [0.25, 0.3) is 0 Å². The number of hydrogen-bond acceptors (Lipinski definition) is 6. The number of aromatic nitrogens is 3. The number of hydrogen-bond donors (Lipinski definition) is 0. The highest BCUT2D eigenvalue weighted by atomic mass is 32.1. The monoisotopic (exact) mass is 281 g/mol. The summed E-state index contributed by atoms with van der Waals surface area (Å²) in [5.74, 6) is 0.0595. The third-order valence-electron chi connectivity index (χ3n) is 2.43. The zero-order chi connectivity index (χ0) is 13.3. The Labute approximate surface area is 114 Å². The molecule has 0 bridgehead atoms. The number of carbonyl (C=O) groups is 1. The second kappa shape index (κ2) is 4.85. The Bertz CT molecular complexity index is 566. The smallest absolute Gasteiger partial charge is 0.183 e. The van der Waals surface area contributed by atoms with Crippen LogP contribution in [0.5, 0.6) is 0 Å². The van der Waals surface area contributed by atoms with Gasteiger partial charge >= 0.3 is 0 Å². The topological polar surface area (TPSA) is 55.7 Å². The van der Waals surface area contributed by atoms with Crippen molar-refractivity contribution in [3.8, 4) is 0 Å². The molecular formula is C12H15N3OS2. The number of ketones is 1. The summed E-state index contributed by atoms with van der Waals surface area (Å²) >= 11 is 2.70. The van der Waals surface area contributed by atoms with Gasteiger partial charge in [0.2, 0.25) is 0 Å². The van der Waals surface area contributed by atoms with Crippen molar-refractivity contribution in [1.82, 2.24) is 14.6 Å². The Morgan fingerprint density at radius 2 is 2.11 bits per heavy atom. The molecule has 0 radical (unpaired) electrons. The lowest BCUT2D eigenvalue weighted by molar-refractivity contribution is 0.0994. The zero-order valence-corrected chi connectivity index (χ0v) is 12.5. The summed E-state index contributed by atoms with van der Waals surface area (Å²) in [5, 5.41) is 6.90. The van der Waals surface area contributed by atoms with Crippen molar-refractivity contribution in [3.63, 3.8) is 0 Å². The number of thiazole rings is 1. The first-order chi connectivity index (χ1) is 8.38. The van der Waals surface area contributed by atoms with Crippen LogP contribution >= 0.6 is 22.9 Å². The predicted molar refractivity (Wildman–Crippen MR) is 73.5 cm³/mol. The molecule has 0 atom stereocenters. The summed E-state index contributed by atoms with van der Waals surface area (Å²) in [6.45, 7) is 8.04. The molecule has 6 heteroatoms. The van der Waals surface area contributed by atoms with E-state index in [-0.39, 0.29) is 11.2 Å². The molecule has 0 spiro atoms. The normalized spacial score (nSPS) is 11.8. The lowest BCUT2D eigenvalue weighted by Gasteiger charge is -2.15. The van der Waals surface area contributed by atoms with Gasteiger partial charge in [-0.05, 0) is 18.5 Å². The van der Waals surface area contributed by atoms with Gasteiger partial charge in [-0.1, -0.05) is 25.3 Å². The minimum Gasteiger partial charge on any atom is -0.293 e. The molecule has 4 nitrogen and oxygen atoms in total. The Balaban J connectivity index is 2.22. The fraction of sp³-hybridized carbons (Fsp3) is 0.500. The van der Waals surface area contributed by atoms with E-state index in [9.17, 15) is 4.79 Å². The van der Waals surface area contributed by atoms with Crippen molar-refractivity contribution in [2.75, 3.05) is 0 Å². The molecule has 0 saturated heterocycles. The first-order valence-electron chi connectivity index (χ1n) is 5.65. The first kappa shape index (κ1) is 13.3. The van der Waals surface area contributed by atoms with Gasteiger partial charge in [0, 0.05) is 16.5 Å². The molecule has 0 saturated carbocycles. The first-order valence-corrected chi connectivity index (χ1v) is 7.30. The summed E-state index contributed by atoms with van der Waals surface area (Å²) < 4.78 is 3.91. The SMILES string of the molecule is Cc1csc(CC(=O)c2snnc2C(C)(C)C)n1. The van der Waals surface area contributed by atoms with E-state index in [1.54, 1.807) is 0 Å². The Morgan fingerprint density at radius 1 is 1.39 bits per heavy atom. The van der Waals surface area contributed by atoms with E-state index in [4.69, 9.17) is 0 Å². The molecule has 0 aliphatic heterocycles. The maximum absolute atomic E-state index is 12.2. The third kappa shape index (κ3) is 2.81. The summed E-state index contributed by atoms with van der Waals surface area (Å²) in [6, 6.07) is 0. The van der Waals surface area contributed by atoms with Crippen LogP contribution in [0.2, 0.25) is 0 Å². The zero-order valence-electron chi connectivity index (χ0n) is 10.9. The number of Topliss-reactive ketones (excluding diaryl/α,β-unsaturated/α-hetero) is 1. The lowest BCUT2D eigenvalue weighted by atomic mass is 9.90. The molecule has 18 heavy (non-hydrogen) atoms. The van der Waals surface area contributed by atoms with Crippen LogP contribution in [0.25, 0.3) is 0 Å². The highest BCUT2D eigenvalue weighted by molar-refractivity contribution is 7.10. The summed E-state index contributed by atoms with van der Waals surface area (Å²) in [7, 11) is 0. The Hall–Kier alpha value is -1.14. The van der Waals surface area contributed by atoms with E-state index in [0.717, 1.165) is 16.4 Å². The lowest BCUT2D eigenvalue weighted by Crippen LogP contribution is -2.17. The van der Waals surface area contributed by atoms with Gasteiger partial charge < -0.3 is 0 Å². The van der Waals surface area contributed by atoms with E-state index in [2.05, 4.69) is 14.6 Å². The number of rotatable bonds is 3. The standard InChI is InChI=1S/C12H15N3OS2/c1-7-6-17-9(13-7)5-8(16)10-11(12(2,3)4)14-15-18-10/h6H,5H2,1-4H3. The highest BCUT2D eigenvalue weighted by Crippen LogP contribution is 2.27. The van der Waals surface area contributed by atoms with Crippen LogP contribution in [0.4, 0.5) is 0 Å². The largest absolute Gasteiger partial charge is 0.293 e. The summed E-state index contributed by atoms with van der Waals surface area (Å²) in [4.78, 5) is 17.2. The van der Waals surface area contributed by atoms with Gasteiger partial charge in [0.15, 0.2) is 5.78 Å². The van der Waals surface area contributed by atoms with Crippen LogP contribution < -0.4 is 0 Å². The number of aryl methyl sites for hydroxylation is 1. The van der Waals surface area contributed by atoms with Crippen molar-refractivity contribution in [3.05, 3.63) is 26.7 Å². The van der Waals surface area contributed by atoms with E-state index in [1.165, 1.54) is 22.9 Å². The van der Waals surface area contributed by atoms with Crippen molar-refractivity contribution in [1.29, 1.82) is 0 Å². The maximum atomic E-state index is 12.2. The fourth-order valence-electron chi connectivity index (χ4n) is 1.57. The highest BCUT2D eigenvalue weighted by Gasteiger charge is 2.26. The van der Waals surface area contributed by atoms with Crippen LogP contribution in [-0.2, 0) is 11.8 Å². The van der Waals surface area contributed by atoms with Crippen molar-refractivity contribution in [2.45, 2.75) is 39.5 Å². The third-order valence-corrected chi connectivity index (χ3v) is 4.16. The van der Waals surface area contributed by atoms with Crippen molar-refractivity contribution >= 4 is 28.7 Å². The molecule has 0 unspecified atom stereocenters. The van der Waals surface area contributed by atoms with Crippen LogP contribution in [0.15, 0.2) is 5.38 Å². The van der Waals surface area contributed by atoms with Gasteiger partial charge in [-0.15, -0.1) is 16.4 Å². The molecule has 0 aromatic carbocycles. The minimum atomic E-state index is -0.156. The van der Waals surface area contributed by atoms with Crippen LogP contribution in [0.3, 0.4) is 0 Å². The molecule has 0 aliphatic rings. The van der Waals surface area contributed by atoms with E-state index in [1.807, 2.05) is 33.1 Å². The molecule has 2 rings (SSSR count). The minimum absolute atomic E-state index is 0.0595. The summed E-state index contributed by atoms with van der Waals surface area (Å²) in [6.07, 6.45) is 0.339. The molecule has 2 aromatic rings. The van der Waals surface area contributed by atoms with E-state index >= 15 is 0 Å². The number of carbonyl (C=O) groups excluding carboxylic acids is 1. The quantitative estimate of drug-likeness (QED) is 0.811. The molecule has 0 N–H and O–H groups in total. The predicted octanol–water partition coefficient (Wildman–Crippen LogP) is 3.03. The molecule has 0 fully saturated rings. The van der Waals surface area contributed by atoms with Crippen molar-refractivity contribution in [2.24, 2.45) is 0 Å². The second-order valence-electron chi connectivity index (χ2n) is 5.18. The number of nitrogens with zero attached hydrogens (tertiary/aromatic N) is 3. The van der Waals surface area contributed by atoms with Gasteiger partial charge in [-0.2, -0.15) is 0 Å². The average molecular weight is 281 g/mol. The molecule has 0 aliphatic carbocycles. The average Bonchev–Trinajstić information content (AvgIpc) is 2.85. The van der Waals surface area contributed by atoms with Crippen molar-refractivity contribution < 1.29 is 4.79 Å².